The zero-order chi connectivity index (χ0) is 15.7. The Kier molecular flexibility index (Phi) is 2.35. The predicted molar refractivity (Wildman–Crippen MR) is 99.1 cm³/mol. The Morgan fingerprint density at radius 2 is 1.67 bits per heavy atom. The Morgan fingerprint density at radius 1 is 0.833 bits per heavy atom. The van der Waals surface area contributed by atoms with Gasteiger partial charge < -0.3 is 0 Å². The second kappa shape index (κ2) is 4.44. The molecular weight excluding hydrogens is 361 g/mol. The van der Waals surface area contributed by atoms with Gasteiger partial charge in [-0.3, -0.25) is 0 Å². The Labute approximate surface area is 143 Å². The SMILES string of the molecule is c1ccc(-c2cc3c4cncc5c6ccccc6n(c3[se]2)c54)nc1. The first-order valence-electron chi connectivity index (χ1n) is 7.85. The molecule has 0 fully saturated rings. The van der Waals surface area contributed by atoms with Gasteiger partial charge in [0.15, 0.2) is 0 Å². The van der Waals surface area contributed by atoms with E-state index in [-0.39, 0.29) is 14.5 Å². The fraction of sp³-hybridized carbons (Fsp3) is 0. The molecule has 0 radical (unpaired) electrons. The van der Waals surface area contributed by atoms with Crippen LogP contribution in [0, 0.1) is 0 Å². The van der Waals surface area contributed by atoms with E-state index in [4.69, 9.17) is 0 Å². The summed E-state index contributed by atoms with van der Waals surface area (Å²) < 4.78 is 5.20. The molecule has 0 amide bonds. The van der Waals surface area contributed by atoms with E-state index in [9.17, 15) is 0 Å². The number of hydrogen-bond acceptors (Lipinski definition) is 2. The van der Waals surface area contributed by atoms with Crippen LogP contribution in [0.15, 0.2) is 67.1 Å². The van der Waals surface area contributed by atoms with Gasteiger partial charge in [-0.15, -0.1) is 0 Å². The molecule has 112 valence electrons. The zero-order valence-corrected chi connectivity index (χ0v) is 14.3. The second-order valence-electron chi connectivity index (χ2n) is 5.98. The monoisotopic (exact) mass is 373 g/mol. The third-order valence-electron chi connectivity index (χ3n) is 4.70. The third-order valence-corrected chi connectivity index (χ3v) is 7.10. The topological polar surface area (TPSA) is 30.2 Å². The normalized spacial score (nSPS) is 12.2. The van der Waals surface area contributed by atoms with Gasteiger partial charge in [-0.1, -0.05) is 0 Å². The van der Waals surface area contributed by atoms with Crippen molar-refractivity contribution < 1.29 is 0 Å². The number of para-hydroxylation sites is 1. The Bertz CT molecular complexity index is 1350. The summed E-state index contributed by atoms with van der Waals surface area (Å²) in [5.41, 5.74) is 3.68. The molecule has 0 spiro atoms. The molecule has 0 bridgehead atoms. The van der Waals surface area contributed by atoms with Crippen LogP contribution in [0.5, 0.6) is 0 Å². The molecule has 0 aliphatic rings. The average molecular weight is 372 g/mol. The molecule has 0 unspecified atom stereocenters. The molecule has 6 aromatic rings. The molecule has 5 aromatic heterocycles. The van der Waals surface area contributed by atoms with Gasteiger partial charge in [-0.25, -0.2) is 0 Å². The van der Waals surface area contributed by atoms with E-state index in [2.05, 4.69) is 56.8 Å². The van der Waals surface area contributed by atoms with Crippen LogP contribution in [0.1, 0.15) is 0 Å². The van der Waals surface area contributed by atoms with Crippen molar-refractivity contribution in [3.63, 3.8) is 0 Å². The summed E-state index contributed by atoms with van der Waals surface area (Å²) in [7, 11) is 0. The summed E-state index contributed by atoms with van der Waals surface area (Å²) in [5, 5.41) is 5.12. The number of pyridine rings is 2. The molecular formula is C20H11N3Se. The number of fused-ring (bicyclic) bond motifs is 6. The predicted octanol–water partition coefficient (Wildman–Crippen LogP) is 4.35. The van der Waals surface area contributed by atoms with E-state index in [0.29, 0.717) is 0 Å². The molecule has 0 saturated carbocycles. The fourth-order valence-electron chi connectivity index (χ4n) is 3.69. The molecule has 0 aliphatic carbocycles. The molecule has 0 saturated heterocycles. The van der Waals surface area contributed by atoms with Crippen molar-refractivity contribution in [2.75, 3.05) is 0 Å². The summed E-state index contributed by atoms with van der Waals surface area (Å²) in [6.07, 6.45) is 5.87. The van der Waals surface area contributed by atoms with E-state index < -0.39 is 0 Å². The zero-order valence-electron chi connectivity index (χ0n) is 12.6. The molecule has 24 heavy (non-hydrogen) atoms. The van der Waals surface area contributed by atoms with Gasteiger partial charge in [0.25, 0.3) is 0 Å². The van der Waals surface area contributed by atoms with Crippen molar-refractivity contribution in [2.45, 2.75) is 0 Å². The summed E-state index contributed by atoms with van der Waals surface area (Å²) >= 11 is 0.247. The summed E-state index contributed by atoms with van der Waals surface area (Å²) in [4.78, 5) is 9.05. The maximum absolute atomic E-state index is 4.54. The van der Waals surface area contributed by atoms with Gasteiger partial charge in [0, 0.05) is 0 Å². The number of nitrogens with zero attached hydrogens (tertiary/aromatic N) is 3. The van der Waals surface area contributed by atoms with E-state index in [1.165, 1.54) is 41.4 Å². The van der Waals surface area contributed by atoms with Crippen LogP contribution >= 0.6 is 0 Å². The van der Waals surface area contributed by atoms with Crippen LogP contribution in [0.4, 0.5) is 0 Å². The number of aromatic nitrogens is 3. The average Bonchev–Trinajstić information content (AvgIpc) is 3.29. The van der Waals surface area contributed by atoms with E-state index in [0.717, 1.165) is 5.69 Å². The first-order valence-corrected chi connectivity index (χ1v) is 9.56. The van der Waals surface area contributed by atoms with Gasteiger partial charge in [-0.05, 0) is 0 Å². The van der Waals surface area contributed by atoms with Crippen LogP contribution in [0.2, 0.25) is 0 Å². The van der Waals surface area contributed by atoms with Gasteiger partial charge in [0.05, 0.1) is 0 Å². The quantitative estimate of drug-likeness (QED) is 0.402. The first kappa shape index (κ1) is 12.7. The van der Waals surface area contributed by atoms with Crippen LogP contribution < -0.4 is 0 Å². The molecule has 6 rings (SSSR count). The van der Waals surface area contributed by atoms with Crippen LogP contribution in [0.25, 0.3) is 47.1 Å². The number of benzene rings is 1. The molecule has 3 nitrogen and oxygen atoms in total. The van der Waals surface area contributed by atoms with Crippen LogP contribution in [0.3, 0.4) is 0 Å². The van der Waals surface area contributed by atoms with Crippen molar-refractivity contribution in [3.05, 3.63) is 67.1 Å². The van der Waals surface area contributed by atoms with E-state index in [1.807, 2.05) is 24.7 Å². The van der Waals surface area contributed by atoms with Gasteiger partial charge in [0.1, 0.15) is 0 Å². The minimum atomic E-state index is 0.247. The Morgan fingerprint density at radius 3 is 2.54 bits per heavy atom. The van der Waals surface area contributed by atoms with E-state index >= 15 is 0 Å². The summed E-state index contributed by atoms with van der Waals surface area (Å²) in [6, 6.07) is 17.1. The molecule has 4 heteroatoms. The third kappa shape index (κ3) is 1.47. The number of hydrogen-bond donors (Lipinski definition) is 0. The Balaban J connectivity index is 1.85. The molecule has 1 aromatic carbocycles. The molecule has 0 aliphatic heterocycles. The first-order chi connectivity index (χ1) is 11.9. The summed E-state index contributed by atoms with van der Waals surface area (Å²) in [6.45, 7) is 0. The molecule has 0 atom stereocenters. The van der Waals surface area contributed by atoms with Crippen molar-refractivity contribution in [1.29, 1.82) is 0 Å². The van der Waals surface area contributed by atoms with Gasteiger partial charge >= 0.3 is 143 Å². The van der Waals surface area contributed by atoms with Crippen molar-refractivity contribution in [1.82, 2.24) is 14.4 Å². The molecule has 0 N–H and O–H groups in total. The van der Waals surface area contributed by atoms with E-state index in [1.54, 1.807) is 0 Å². The number of rotatable bonds is 1. The second-order valence-corrected chi connectivity index (χ2v) is 8.14. The van der Waals surface area contributed by atoms with Crippen LogP contribution in [-0.4, -0.2) is 28.9 Å². The minimum absolute atomic E-state index is 0.247. The van der Waals surface area contributed by atoms with Gasteiger partial charge in [-0.2, -0.15) is 0 Å². The van der Waals surface area contributed by atoms with Crippen molar-refractivity contribution in [2.24, 2.45) is 0 Å². The maximum atomic E-state index is 4.54. The van der Waals surface area contributed by atoms with Crippen molar-refractivity contribution in [3.8, 4) is 10.1 Å². The fourth-order valence-corrected chi connectivity index (χ4v) is 6.15. The van der Waals surface area contributed by atoms with Crippen LogP contribution in [-0.2, 0) is 0 Å². The van der Waals surface area contributed by atoms with Crippen molar-refractivity contribution >= 4 is 51.5 Å². The summed E-state index contributed by atoms with van der Waals surface area (Å²) in [5.74, 6) is 0. The molecule has 5 heterocycles. The standard InChI is InChI=1S/C20H11N3Se/c1-2-7-17-12(5-1)14-10-21-11-15-13-9-18(16-6-3-4-8-22-16)24-20(13)23(17)19(14)15/h1-11H. The Hall–Kier alpha value is -2.68. The van der Waals surface area contributed by atoms with Gasteiger partial charge in [0.2, 0.25) is 0 Å².